The number of Topliss-reactive ketones (excluding diaryl/α,β-unsaturated/α-hetero) is 1. The van der Waals surface area contributed by atoms with Crippen molar-refractivity contribution in [2.75, 3.05) is 0 Å². The van der Waals surface area contributed by atoms with Gasteiger partial charge in [-0.25, -0.2) is 0 Å². The lowest BCUT2D eigenvalue weighted by molar-refractivity contribution is -0.306. The SMILES string of the molecule is C[C@H](CCC(=O)[O-])[C@H]1CC[C@H]2[C@@H]3C(=O)CC4C[C@H](O)CC[C@]4(C)[C@H]3CC[C@]12C. The van der Waals surface area contributed by atoms with Crippen LogP contribution in [0.5, 0.6) is 0 Å². The molecule has 4 aliphatic carbocycles. The number of carboxylic acid groups (broad SMARTS) is 1. The fraction of sp³-hybridized carbons (Fsp3) is 0.917. The molecular weight excluding hydrogens is 352 g/mol. The highest BCUT2D eigenvalue weighted by atomic mass is 16.4. The third-order valence-corrected chi connectivity index (χ3v) is 10.0. The second-order valence-corrected chi connectivity index (χ2v) is 11.2. The zero-order chi connectivity index (χ0) is 20.3. The summed E-state index contributed by atoms with van der Waals surface area (Å²) in [5.41, 5.74) is 0.372. The second-order valence-electron chi connectivity index (χ2n) is 11.2. The van der Waals surface area contributed by atoms with Crippen molar-refractivity contribution in [1.82, 2.24) is 0 Å². The molecule has 0 aromatic carbocycles. The third-order valence-electron chi connectivity index (χ3n) is 10.0. The van der Waals surface area contributed by atoms with Crippen molar-refractivity contribution in [3.05, 3.63) is 0 Å². The standard InChI is InChI=1S/C24H38O4/c1-14(4-7-21(27)28)17-5-6-18-22-19(9-11-24(17,18)3)23(2)10-8-16(25)12-15(23)13-20(22)26/h14-19,22,25H,4-13H2,1-3H3,(H,27,28)/p-1/t14-,15?,16-,17-,18+,19+,22+,23+,24-/m1/s1. The van der Waals surface area contributed by atoms with Gasteiger partial charge in [0.25, 0.3) is 0 Å². The molecule has 0 heterocycles. The van der Waals surface area contributed by atoms with Crippen LogP contribution in [-0.4, -0.2) is 23.0 Å². The topological polar surface area (TPSA) is 77.4 Å². The summed E-state index contributed by atoms with van der Waals surface area (Å²) in [4.78, 5) is 24.3. The first kappa shape index (κ1) is 20.4. The summed E-state index contributed by atoms with van der Waals surface area (Å²) in [6.07, 6.45) is 8.54. The maximum Gasteiger partial charge on any atom is 0.136 e. The van der Waals surface area contributed by atoms with E-state index in [9.17, 15) is 19.8 Å². The van der Waals surface area contributed by atoms with Gasteiger partial charge in [0, 0.05) is 18.3 Å². The van der Waals surface area contributed by atoms with Gasteiger partial charge in [-0.05, 0) is 98.2 Å². The molecule has 158 valence electrons. The average molecular weight is 390 g/mol. The van der Waals surface area contributed by atoms with E-state index in [1.54, 1.807) is 0 Å². The third kappa shape index (κ3) is 3.05. The maximum atomic E-state index is 13.3. The van der Waals surface area contributed by atoms with Crippen LogP contribution in [0.25, 0.3) is 0 Å². The Kier molecular flexibility index (Phi) is 5.17. The molecule has 1 unspecified atom stereocenters. The van der Waals surface area contributed by atoms with Gasteiger partial charge >= 0.3 is 0 Å². The molecule has 28 heavy (non-hydrogen) atoms. The van der Waals surface area contributed by atoms with Crippen molar-refractivity contribution in [3.63, 3.8) is 0 Å². The van der Waals surface area contributed by atoms with Crippen LogP contribution in [0.15, 0.2) is 0 Å². The number of fused-ring (bicyclic) bond motifs is 5. The molecule has 0 bridgehead atoms. The summed E-state index contributed by atoms with van der Waals surface area (Å²) >= 11 is 0. The zero-order valence-electron chi connectivity index (χ0n) is 17.8. The van der Waals surface area contributed by atoms with E-state index in [0.29, 0.717) is 48.2 Å². The molecule has 9 atom stereocenters. The van der Waals surface area contributed by atoms with Crippen LogP contribution in [-0.2, 0) is 9.59 Å². The molecule has 4 heteroatoms. The second kappa shape index (κ2) is 7.11. The van der Waals surface area contributed by atoms with Crippen LogP contribution in [0, 0.1) is 46.3 Å². The first-order valence-corrected chi connectivity index (χ1v) is 11.6. The summed E-state index contributed by atoms with van der Waals surface area (Å²) in [5, 5.41) is 21.1. The molecule has 4 nitrogen and oxygen atoms in total. The number of carbonyl (C=O) groups excluding carboxylic acids is 2. The predicted molar refractivity (Wildman–Crippen MR) is 105 cm³/mol. The van der Waals surface area contributed by atoms with Gasteiger partial charge in [0.2, 0.25) is 0 Å². The van der Waals surface area contributed by atoms with Crippen molar-refractivity contribution < 1.29 is 19.8 Å². The van der Waals surface area contributed by atoms with E-state index in [0.717, 1.165) is 44.9 Å². The molecule has 4 fully saturated rings. The quantitative estimate of drug-likeness (QED) is 0.800. The molecule has 0 radical (unpaired) electrons. The van der Waals surface area contributed by atoms with Crippen LogP contribution >= 0.6 is 0 Å². The van der Waals surface area contributed by atoms with E-state index in [-0.39, 0.29) is 29.3 Å². The molecular formula is C24H37O4-. The van der Waals surface area contributed by atoms with E-state index in [1.807, 2.05) is 0 Å². The Morgan fingerprint density at radius 1 is 1.14 bits per heavy atom. The number of carboxylic acids is 1. The number of ketones is 1. The van der Waals surface area contributed by atoms with Crippen LogP contribution in [0.3, 0.4) is 0 Å². The molecule has 0 aromatic rings. The minimum atomic E-state index is -0.948. The number of hydrogen-bond donors (Lipinski definition) is 1. The van der Waals surface area contributed by atoms with E-state index < -0.39 is 5.97 Å². The number of aliphatic hydroxyl groups excluding tert-OH is 1. The summed E-state index contributed by atoms with van der Waals surface area (Å²) < 4.78 is 0. The van der Waals surface area contributed by atoms with E-state index in [2.05, 4.69) is 20.8 Å². The van der Waals surface area contributed by atoms with Crippen molar-refractivity contribution in [1.29, 1.82) is 0 Å². The number of hydrogen-bond acceptors (Lipinski definition) is 4. The summed E-state index contributed by atoms with van der Waals surface area (Å²) in [5.74, 6) is 1.87. The fourth-order valence-corrected chi connectivity index (χ4v) is 8.43. The van der Waals surface area contributed by atoms with E-state index in [1.165, 1.54) is 0 Å². The van der Waals surface area contributed by atoms with Crippen molar-refractivity contribution >= 4 is 11.8 Å². The number of carbonyl (C=O) groups is 2. The van der Waals surface area contributed by atoms with Crippen molar-refractivity contribution in [3.8, 4) is 0 Å². The molecule has 1 N–H and O–H groups in total. The first-order valence-electron chi connectivity index (χ1n) is 11.6. The van der Waals surface area contributed by atoms with E-state index in [4.69, 9.17) is 0 Å². The van der Waals surface area contributed by atoms with Gasteiger partial charge in [-0.3, -0.25) is 4.79 Å². The van der Waals surface area contributed by atoms with Crippen LogP contribution in [0.2, 0.25) is 0 Å². The Morgan fingerprint density at radius 2 is 1.82 bits per heavy atom. The lowest BCUT2D eigenvalue weighted by Gasteiger charge is -2.60. The van der Waals surface area contributed by atoms with Gasteiger partial charge in [-0.15, -0.1) is 0 Å². The molecule has 0 saturated heterocycles. The number of aliphatic carboxylic acids is 1. The average Bonchev–Trinajstić information content (AvgIpc) is 2.98. The number of rotatable bonds is 4. The van der Waals surface area contributed by atoms with Gasteiger partial charge < -0.3 is 15.0 Å². The van der Waals surface area contributed by atoms with E-state index >= 15 is 0 Å². The minimum Gasteiger partial charge on any atom is -0.550 e. The lowest BCUT2D eigenvalue weighted by atomic mass is 9.44. The van der Waals surface area contributed by atoms with Crippen molar-refractivity contribution in [2.24, 2.45) is 46.3 Å². The highest BCUT2D eigenvalue weighted by Crippen LogP contribution is 2.67. The normalized spacial score (nSPS) is 49.1. The smallest absolute Gasteiger partial charge is 0.136 e. The lowest BCUT2D eigenvalue weighted by Crippen LogP contribution is -2.57. The fourth-order valence-electron chi connectivity index (χ4n) is 8.43. The minimum absolute atomic E-state index is 0.144. The zero-order valence-corrected chi connectivity index (χ0v) is 17.8. The van der Waals surface area contributed by atoms with Gasteiger partial charge in [-0.2, -0.15) is 0 Å². The monoisotopic (exact) mass is 389 g/mol. The predicted octanol–water partition coefficient (Wildman–Crippen LogP) is 3.35. The molecule has 4 saturated carbocycles. The first-order chi connectivity index (χ1) is 13.2. The Labute approximate surface area is 169 Å². The van der Waals surface area contributed by atoms with Gasteiger partial charge in [-0.1, -0.05) is 20.8 Å². The Balaban J connectivity index is 1.56. The maximum absolute atomic E-state index is 13.3. The molecule has 4 rings (SSSR count). The molecule has 0 amide bonds. The Bertz CT molecular complexity index is 645. The molecule has 0 spiro atoms. The highest BCUT2D eigenvalue weighted by Gasteiger charge is 2.62. The van der Waals surface area contributed by atoms with Gasteiger partial charge in [0.1, 0.15) is 5.78 Å². The summed E-state index contributed by atoms with van der Waals surface area (Å²) in [7, 11) is 0. The van der Waals surface area contributed by atoms with Gasteiger partial charge in [0.05, 0.1) is 6.10 Å². The van der Waals surface area contributed by atoms with Crippen LogP contribution in [0.4, 0.5) is 0 Å². The summed E-state index contributed by atoms with van der Waals surface area (Å²) in [6, 6.07) is 0. The van der Waals surface area contributed by atoms with Gasteiger partial charge in [0.15, 0.2) is 0 Å². The molecule has 4 aliphatic rings. The molecule has 0 aromatic heterocycles. The Morgan fingerprint density at radius 3 is 2.54 bits per heavy atom. The molecule has 0 aliphatic heterocycles. The van der Waals surface area contributed by atoms with Crippen LogP contribution < -0.4 is 5.11 Å². The van der Waals surface area contributed by atoms with Crippen molar-refractivity contribution in [2.45, 2.75) is 91.1 Å². The summed E-state index contributed by atoms with van der Waals surface area (Å²) in [6.45, 7) is 7.01. The van der Waals surface area contributed by atoms with Crippen LogP contribution in [0.1, 0.15) is 85.0 Å². The largest absolute Gasteiger partial charge is 0.550 e. The number of aliphatic hydroxyl groups is 1. The Hall–Kier alpha value is -0.900. The highest BCUT2D eigenvalue weighted by molar-refractivity contribution is 5.83.